The maximum absolute atomic E-state index is 12.2. The molecule has 2 aromatic rings. The average Bonchev–Trinajstić information content (AvgIpc) is 2.89. The monoisotopic (exact) mass is 339 g/mol. The van der Waals surface area contributed by atoms with Crippen molar-refractivity contribution in [1.82, 2.24) is 10.4 Å². The van der Waals surface area contributed by atoms with E-state index in [1.54, 1.807) is 19.1 Å². The summed E-state index contributed by atoms with van der Waals surface area (Å²) in [7, 11) is 0. The van der Waals surface area contributed by atoms with Gasteiger partial charge in [0.2, 0.25) is 5.91 Å². The second kappa shape index (κ2) is 7.77. The highest BCUT2D eigenvalue weighted by Crippen LogP contribution is 2.16. The number of benzene rings is 1. The van der Waals surface area contributed by atoms with Gasteiger partial charge in [-0.1, -0.05) is 12.1 Å². The molecule has 1 heterocycles. The second-order valence-electron chi connectivity index (χ2n) is 4.67. The van der Waals surface area contributed by atoms with Crippen molar-refractivity contribution in [3.8, 4) is 5.75 Å². The highest BCUT2D eigenvalue weighted by molar-refractivity contribution is 7.09. The Hall–Kier alpha value is -2.35. The number of carbonyl (C=O) groups is 1. The van der Waals surface area contributed by atoms with Crippen molar-refractivity contribution in [2.24, 2.45) is 5.10 Å². The molecule has 0 atom stereocenters. The molecule has 0 aliphatic rings. The highest BCUT2D eigenvalue weighted by atomic mass is 32.1. The number of rotatable bonds is 6. The lowest BCUT2D eigenvalue weighted by Crippen LogP contribution is -2.21. The van der Waals surface area contributed by atoms with Crippen molar-refractivity contribution in [2.45, 2.75) is 26.9 Å². The van der Waals surface area contributed by atoms with Crippen LogP contribution in [0.2, 0.25) is 0 Å². The molecule has 0 radical (unpaired) electrons. The highest BCUT2D eigenvalue weighted by Gasteiger charge is 2.08. The zero-order chi connectivity index (χ0) is 16.8. The molecule has 0 unspecified atom stereocenters. The molecule has 1 N–H and O–H groups in total. The smallest absolute Gasteiger partial charge is 0.387 e. The van der Waals surface area contributed by atoms with E-state index in [4.69, 9.17) is 0 Å². The van der Waals surface area contributed by atoms with Gasteiger partial charge >= 0.3 is 6.61 Å². The zero-order valence-corrected chi connectivity index (χ0v) is 13.4. The Kier molecular flexibility index (Phi) is 5.75. The molecule has 0 spiro atoms. The average molecular weight is 339 g/mol. The SMILES string of the molecule is C/C(=N/NC(=O)Cc1csc(C)n1)c1cccc(OC(F)F)c1. The number of halogens is 2. The number of hydrogen-bond donors (Lipinski definition) is 1. The molecular formula is C15H15F2N3O2S. The van der Waals surface area contributed by atoms with Crippen molar-refractivity contribution in [2.75, 3.05) is 0 Å². The van der Waals surface area contributed by atoms with Gasteiger partial charge < -0.3 is 4.74 Å². The number of carbonyl (C=O) groups excluding carboxylic acids is 1. The predicted molar refractivity (Wildman–Crippen MR) is 84.0 cm³/mol. The van der Waals surface area contributed by atoms with Gasteiger partial charge in [0.05, 0.1) is 22.8 Å². The fourth-order valence-electron chi connectivity index (χ4n) is 1.80. The van der Waals surface area contributed by atoms with Crippen LogP contribution in [0.4, 0.5) is 8.78 Å². The predicted octanol–water partition coefficient (Wildman–Crippen LogP) is 3.14. The first kappa shape index (κ1) is 17.0. The number of hydrogen-bond acceptors (Lipinski definition) is 5. The number of alkyl halides is 2. The molecule has 1 aromatic carbocycles. The third-order valence-corrected chi connectivity index (χ3v) is 3.66. The summed E-state index contributed by atoms with van der Waals surface area (Å²) >= 11 is 1.47. The molecule has 122 valence electrons. The van der Waals surface area contributed by atoms with Gasteiger partial charge in [0.1, 0.15) is 5.75 Å². The molecule has 1 aromatic heterocycles. The summed E-state index contributed by atoms with van der Waals surface area (Å²) in [6.45, 7) is 0.640. The first-order valence-electron chi connectivity index (χ1n) is 6.73. The van der Waals surface area contributed by atoms with E-state index in [2.05, 4.69) is 20.2 Å². The third-order valence-electron chi connectivity index (χ3n) is 2.83. The Balaban J connectivity index is 1.97. The second-order valence-corrected chi connectivity index (χ2v) is 5.74. The normalized spacial score (nSPS) is 11.6. The minimum absolute atomic E-state index is 0.0383. The molecular weight excluding hydrogens is 324 g/mol. The van der Waals surface area contributed by atoms with Crippen LogP contribution in [0.3, 0.4) is 0 Å². The lowest BCUT2D eigenvalue weighted by Gasteiger charge is -2.07. The molecule has 0 bridgehead atoms. The maximum Gasteiger partial charge on any atom is 0.387 e. The van der Waals surface area contributed by atoms with Crippen LogP contribution in [0.1, 0.15) is 23.2 Å². The van der Waals surface area contributed by atoms with Crippen LogP contribution in [-0.2, 0) is 11.2 Å². The van der Waals surface area contributed by atoms with Crippen molar-refractivity contribution in [1.29, 1.82) is 0 Å². The lowest BCUT2D eigenvalue weighted by molar-refractivity contribution is -0.120. The number of amides is 1. The quantitative estimate of drug-likeness (QED) is 0.650. The van der Waals surface area contributed by atoms with Gasteiger partial charge in [0.25, 0.3) is 0 Å². The first-order valence-corrected chi connectivity index (χ1v) is 7.61. The number of nitrogens with one attached hydrogen (secondary N) is 1. The Morgan fingerprint density at radius 2 is 2.26 bits per heavy atom. The summed E-state index contributed by atoms with van der Waals surface area (Å²) in [6.07, 6.45) is 0.135. The lowest BCUT2D eigenvalue weighted by atomic mass is 10.1. The summed E-state index contributed by atoms with van der Waals surface area (Å²) in [4.78, 5) is 16.0. The van der Waals surface area contributed by atoms with E-state index >= 15 is 0 Å². The molecule has 1 amide bonds. The van der Waals surface area contributed by atoms with Crippen LogP contribution < -0.4 is 10.2 Å². The van der Waals surface area contributed by atoms with Crippen molar-refractivity contribution in [3.63, 3.8) is 0 Å². The van der Waals surface area contributed by atoms with Gasteiger partial charge in [-0.25, -0.2) is 10.4 Å². The third kappa shape index (κ3) is 5.41. The molecule has 0 saturated carbocycles. The van der Waals surface area contributed by atoms with Crippen LogP contribution in [0.5, 0.6) is 5.75 Å². The van der Waals surface area contributed by atoms with E-state index in [-0.39, 0.29) is 18.1 Å². The number of nitrogens with zero attached hydrogens (tertiary/aromatic N) is 2. The van der Waals surface area contributed by atoms with Gasteiger partial charge in [-0.2, -0.15) is 13.9 Å². The molecule has 0 saturated heterocycles. The largest absolute Gasteiger partial charge is 0.435 e. The molecule has 23 heavy (non-hydrogen) atoms. The number of hydrazone groups is 1. The Bertz CT molecular complexity index is 716. The molecule has 0 fully saturated rings. The van der Waals surface area contributed by atoms with Gasteiger partial charge in [-0.3, -0.25) is 4.79 Å². The van der Waals surface area contributed by atoms with E-state index in [9.17, 15) is 13.6 Å². The first-order chi connectivity index (χ1) is 10.9. The summed E-state index contributed by atoms with van der Waals surface area (Å²) in [6, 6.07) is 6.12. The topological polar surface area (TPSA) is 63.6 Å². The fraction of sp³-hybridized carbons (Fsp3) is 0.267. The Morgan fingerprint density at radius 1 is 1.48 bits per heavy atom. The summed E-state index contributed by atoms with van der Waals surface area (Å²) in [5.41, 5.74) is 4.16. The van der Waals surface area contributed by atoms with Crippen molar-refractivity contribution >= 4 is 23.0 Å². The van der Waals surface area contributed by atoms with E-state index in [1.807, 2.05) is 12.3 Å². The van der Waals surface area contributed by atoms with E-state index in [1.165, 1.54) is 23.5 Å². The fourth-order valence-corrected chi connectivity index (χ4v) is 2.41. The molecule has 0 aliphatic heterocycles. The summed E-state index contributed by atoms with van der Waals surface area (Å²) in [5, 5.41) is 6.68. The number of aromatic nitrogens is 1. The Labute approximate surface area is 136 Å². The van der Waals surface area contributed by atoms with Crippen LogP contribution in [0, 0.1) is 6.92 Å². The summed E-state index contributed by atoms with van der Waals surface area (Å²) in [5.74, 6) is -0.258. The van der Waals surface area contributed by atoms with Crippen LogP contribution >= 0.6 is 11.3 Å². The number of thiazole rings is 1. The van der Waals surface area contributed by atoms with Crippen LogP contribution in [0.15, 0.2) is 34.7 Å². The van der Waals surface area contributed by atoms with Crippen LogP contribution in [0.25, 0.3) is 0 Å². The maximum atomic E-state index is 12.2. The molecule has 0 aliphatic carbocycles. The van der Waals surface area contributed by atoms with Crippen LogP contribution in [-0.4, -0.2) is 23.2 Å². The van der Waals surface area contributed by atoms with E-state index in [0.717, 1.165) is 5.01 Å². The minimum atomic E-state index is -2.89. The zero-order valence-electron chi connectivity index (χ0n) is 12.5. The molecule has 2 rings (SSSR count). The van der Waals surface area contributed by atoms with E-state index < -0.39 is 6.61 Å². The van der Waals surface area contributed by atoms with Crippen molar-refractivity contribution in [3.05, 3.63) is 45.9 Å². The minimum Gasteiger partial charge on any atom is -0.435 e. The molecule has 5 nitrogen and oxygen atoms in total. The molecule has 8 heteroatoms. The van der Waals surface area contributed by atoms with Gasteiger partial charge in [0, 0.05) is 10.9 Å². The van der Waals surface area contributed by atoms with Gasteiger partial charge in [-0.15, -0.1) is 11.3 Å². The van der Waals surface area contributed by atoms with Gasteiger partial charge in [-0.05, 0) is 26.0 Å². The standard InChI is InChI=1S/C15H15F2N3O2S/c1-9(11-4-3-5-13(6-11)22-15(16)17)19-20-14(21)7-12-8-23-10(2)18-12/h3-6,8,15H,7H2,1-2H3,(H,20,21)/b19-9-. The summed E-state index contributed by atoms with van der Waals surface area (Å²) < 4.78 is 28.7. The number of aryl methyl sites for hydroxylation is 1. The van der Waals surface area contributed by atoms with E-state index in [0.29, 0.717) is 17.0 Å². The Morgan fingerprint density at radius 3 is 2.91 bits per heavy atom. The van der Waals surface area contributed by atoms with Crippen molar-refractivity contribution < 1.29 is 18.3 Å². The van der Waals surface area contributed by atoms with Gasteiger partial charge in [0.15, 0.2) is 0 Å². The number of ether oxygens (including phenoxy) is 1.